The second-order valence-electron chi connectivity index (χ2n) is 11.2. The number of para-hydroxylation sites is 2. The van der Waals surface area contributed by atoms with Crippen molar-refractivity contribution in [2.24, 2.45) is 9.98 Å². The monoisotopic (exact) mass is 560 g/mol. The highest BCUT2D eigenvalue weighted by Gasteiger charge is 2.22. The molecule has 3 heterocycles. The topological polar surface area (TPSA) is 50.5 Å². The lowest BCUT2D eigenvalue weighted by atomic mass is 9.93. The molecule has 0 radical (unpaired) electrons. The van der Waals surface area contributed by atoms with Crippen molar-refractivity contribution in [3.8, 4) is 0 Å². The lowest BCUT2D eigenvalue weighted by molar-refractivity contribution is 1.36. The van der Waals surface area contributed by atoms with E-state index in [2.05, 4.69) is 97.1 Å². The lowest BCUT2D eigenvalue weighted by Gasteiger charge is -2.19. The van der Waals surface area contributed by atoms with Gasteiger partial charge in [0, 0.05) is 45.4 Å². The molecule has 8 aromatic rings. The number of benzene rings is 6. The minimum absolute atomic E-state index is 0.847. The maximum absolute atomic E-state index is 5.49. The molecule has 0 saturated carbocycles. The van der Waals surface area contributed by atoms with Crippen LogP contribution in [0.3, 0.4) is 0 Å². The van der Waals surface area contributed by atoms with Gasteiger partial charge in [0.05, 0.1) is 33.8 Å². The van der Waals surface area contributed by atoms with E-state index in [4.69, 9.17) is 20.0 Å². The van der Waals surface area contributed by atoms with Crippen molar-refractivity contribution in [1.82, 2.24) is 9.97 Å². The zero-order chi connectivity index (χ0) is 29.0. The molecule has 44 heavy (non-hydrogen) atoms. The largest absolute Gasteiger partial charge is 0.256 e. The van der Waals surface area contributed by atoms with Crippen molar-refractivity contribution >= 4 is 66.1 Å². The van der Waals surface area contributed by atoms with E-state index in [9.17, 15) is 0 Å². The highest BCUT2D eigenvalue weighted by molar-refractivity contribution is 6.25. The quantitative estimate of drug-likeness (QED) is 0.211. The first-order chi connectivity index (χ1) is 21.8. The SMILES string of the molecule is c1ccc2cc3c(cc2c1)N=C(c1cnc2ccccc2c1)c1cc2ccccc2cc1N=C3c1cnc2ccccc2c1. The van der Waals surface area contributed by atoms with Crippen LogP contribution < -0.4 is 0 Å². The molecule has 0 aliphatic carbocycles. The van der Waals surface area contributed by atoms with Gasteiger partial charge in [-0.3, -0.25) is 9.97 Å². The van der Waals surface area contributed by atoms with E-state index in [0.29, 0.717) is 0 Å². The molecule has 2 aromatic heterocycles. The summed E-state index contributed by atoms with van der Waals surface area (Å²) in [5.41, 5.74) is 9.15. The summed E-state index contributed by atoms with van der Waals surface area (Å²) >= 11 is 0. The molecule has 0 atom stereocenters. The van der Waals surface area contributed by atoms with Gasteiger partial charge in [0.2, 0.25) is 0 Å². The normalized spacial score (nSPS) is 12.8. The van der Waals surface area contributed by atoms with Crippen LogP contribution in [0.1, 0.15) is 22.3 Å². The maximum atomic E-state index is 5.49. The molecule has 0 N–H and O–H groups in total. The Balaban J connectivity index is 1.39. The van der Waals surface area contributed by atoms with Crippen LogP contribution in [0, 0.1) is 0 Å². The van der Waals surface area contributed by atoms with Crippen LogP contribution in [0.25, 0.3) is 43.4 Å². The van der Waals surface area contributed by atoms with E-state index in [0.717, 1.165) is 88.4 Å². The van der Waals surface area contributed by atoms with Gasteiger partial charge in [0.15, 0.2) is 0 Å². The fraction of sp³-hybridized carbons (Fsp3) is 0. The Hall–Kier alpha value is -6.00. The van der Waals surface area contributed by atoms with E-state index in [-0.39, 0.29) is 0 Å². The molecular formula is C40H24N4. The minimum atomic E-state index is 0.847. The van der Waals surface area contributed by atoms with Gasteiger partial charge >= 0.3 is 0 Å². The molecule has 0 unspecified atom stereocenters. The molecule has 1 aliphatic rings. The Bertz CT molecular complexity index is 2330. The molecule has 4 nitrogen and oxygen atoms in total. The zero-order valence-electron chi connectivity index (χ0n) is 23.6. The van der Waals surface area contributed by atoms with Gasteiger partial charge in [0.25, 0.3) is 0 Å². The number of hydrogen-bond donors (Lipinski definition) is 0. The molecular weight excluding hydrogens is 536 g/mol. The summed E-state index contributed by atoms with van der Waals surface area (Å²) in [4.78, 5) is 20.6. The third kappa shape index (κ3) is 4.08. The summed E-state index contributed by atoms with van der Waals surface area (Å²) in [5, 5.41) is 6.67. The molecule has 0 fully saturated rings. The molecule has 6 aromatic carbocycles. The Morgan fingerprint density at radius 1 is 0.341 bits per heavy atom. The summed E-state index contributed by atoms with van der Waals surface area (Å²) in [5.74, 6) is 0. The van der Waals surface area contributed by atoms with Gasteiger partial charge in [-0.1, -0.05) is 84.9 Å². The van der Waals surface area contributed by atoms with Crippen LogP contribution >= 0.6 is 0 Å². The molecule has 204 valence electrons. The molecule has 0 saturated heterocycles. The second kappa shape index (κ2) is 9.79. The third-order valence-corrected chi connectivity index (χ3v) is 8.43. The Kier molecular flexibility index (Phi) is 5.47. The van der Waals surface area contributed by atoms with Crippen LogP contribution in [-0.2, 0) is 0 Å². The minimum Gasteiger partial charge on any atom is -0.256 e. The third-order valence-electron chi connectivity index (χ3n) is 8.43. The van der Waals surface area contributed by atoms with Gasteiger partial charge in [0.1, 0.15) is 0 Å². The number of nitrogens with zero attached hydrogens (tertiary/aromatic N) is 4. The van der Waals surface area contributed by atoms with Crippen LogP contribution in [0.4, 0.5) is 11.4 Å². The van der Waals surface area contributed by atoms with E-state index in [1.165, 1.54) is 0 Å². The second-order valence-corrected chi connectivity index (χ2v) is 11.2. The highest BCUT2D eigenvalue weighted by Crippen LogP contribution is 2.38. The number of pyridine rings is 2. The van der Waals surface area contributed by atoms with Gasteiger partial charge in [-0.05, 0) is 70.1 Å². The average Bonchev–Trinajstić information content (AvgIpc) is 3.08. The summed E-state index contributed by atoms with van der Waals surface area (Å²) in [6, 6.07) is 46.4. The van der Waals surface area contributed by atoms with Gasteiger partial charge in [-0.2, -0.15) is 0 Å². The first-order valence-corrected chi connectivity index (χ1v) is 14.7. The average molecular weight is 561 g/mol. The number of fused-ring (bicyclic) bond motifs is 6. The van der Waals surface area contributed by atoms with Crippen LogP contribution in [0.15, 0.2) is 156 Å². The maximum Gasteiger partial charge on any atom is 0.0819 e. The lowest BCUT2D eigenvalue weighted by Crippen LogP contribution is -2.11. The molecule has 0 spiro atoms. The van der Waals surface area contributed by atoms with E-state index < -0.39 is 0 Å². The predicted octanol–water partition coefficient (Wildman–Crippen LogP) is 9.74. The summed E-state index contributed by atoms with van der Waals surface area (Å²) in [6.07, 6.45) is 3.86. The molecule has 1 aliphatic heterocycles. The van der Waals surface area contributed by atoms with Crippen LogP contribution in [-0.4, -0.2) is 21.4 Å². The van der Waals surface area contributed by atoms with Crippen molar-refractivity contribution in [2.45, 2.75) is 0 Å². The first-order valence-electron chi connectivity index (χ1n) is 14.7. The number of rotatable bonds is 2. The van der Waals surface area contributed by atoms with E-state index in [1.54, 1.807) is 0 Å². The van der Waals surface area contributed by atoms with Gasteiger partial charge in [-0.15, -0.1) is 0 Å². The molecule has 9 rings (SSSR count). The first kappa shape index (κ1) is 24.6. The number of aromatic nitrogens is 2. The van der Waals surface area contributed by atoms with Crippen molar-refractivity contribution < 1.29 is 0 Å². The van der Waals surface area contributed by atoms with Crippen molar-refractivity contribution in [3.05, 3.63) is 168 Å². The van der Waals surface area contributed by atoms with Gasteiger partial charge < -0.3 is 0 Å². The Morgan fingerprint density at radius 3 is 1.14 bits per heavy atom. The van der Waals surface area contributed by atoms with E-state index >= 15 is 0 Å². The molecule has 0 bridgehead atoms. The molecule has 0 amide bonds. The molecule has 4 heteroatoms. The Morgan fingerprint density at radius 2 is 0.705 bits per heavy atom. The number of aliphatic imine (C=N–C) groups is 2. The summed E-state index contributed by atoms with van der Waals surface area (Å²) in [6.45, 7) is 0. The van der Waals surface area contributed by atoms with Crippen molar-refractivity contribution in [2.75, 3.05) is 0 Å². The Labute approximate surface area is 253 Å². The van der Waals surface area contributed by atoms with Gasteiger partial charge in [-0.25, -0.2) is 9.98 Å². The fourth-order valence-electron chi connectivity index (χ4n) is 6.22. The van der Waals surface area contributed by atoms with Crippen LogP contribution in [0.2, 0.25) is 0 Å². The van der Waals surface area contributed by atoms with E-state index in [1.807, 2.05) is 48.8 Å². The smallest absolute Gasteiger partial charge is 0.0819 e. The summed E-state index contributed by atoms with van der Waals surface area (Å²) in [7, 11) is 0. The van der Waals surface area contributed by atoms with Crippen LogP contribution in [0.5, 0.6) is 0 Å². The zero-order valence-corrected chi connectivity index (χ0v) is 23.6. The predicted molar refractivity (Wildman–Crippen MR) is 182 cm³/mol. The number of hydrogen-bond acceptors (Lipinski definition) is 4. The van der Waals surface area contributed by atoms with Crippen molar-refractivity contribution in [1.29, 1.82) is 0 Å². The standard InChI is InChI=1S/C40H24N4/c1-3-11-27-21-37-33(19-25(27)9-1)39(31-17-29-13-5-7-15-35(29)41-23-31)44-38-22-28-12-4-2-10-26(28)20-34(38)40(43-37)32-18-30-14-6-8-16-36(30)42-24-32/h1-24H. The summed E-state index contributed by atoms with van der Waals surface area (Å²) < 4.78 is 0. The van der Waals surface area contributed by atoms with Crippen molar-refractivity contribution in [3.63, 3.8) is 0 Å². The highest BCUT2D eigenvalue weighted by atomic mass is 14.8. The fourth-order valence-corrected chi connectivity index (χ4v) is 6.22.